The Morgan fingerprint density at radius 3 is 2.52 bits per heavy atom. The van der Waals surface area contributed by atoms with Gasteiger partial charge in [0.05, 0.1) is 19.3 Å². The van der Waals surface area contributed by atoms with Gasteiger partial charge in [-0.2, -0.15) is 5.10 Å². The highest BCUT2D eigenvalue weighted by Crippen LogP contribution is 2.22. The number of morpholine rings is 1. The average molecular weight is 454 g/mol. The zero-order valence-electron chi connectivity index (χ0n) is 18.1. The fourth-order valence-corrected chi connectivity index (χ4v) is 3.88. The van der Waals surface area contributed by atoms with Crippen LogP contribution in [0.25, 0.3) is 5.69 Å². The Labute approximate surface area is 189 Å². The van der Waals surface area contributed by atoms with Crippen molar-refractivity contribution in [3.63, 3.8) is 0 Å². The number of rotatable bonds is 6. The van der Waals surface area contributed by atoms with Crippen LogP contribution in [0, 0.1) is 18.6 Å². The second kappa shape index (κ2) is 10.0. The lowest BCUT2D eigenvalue weighted by molar-refractivity contribution is 0.0162. The molecule has 1 aliphatic heterocycles. The Morgan fingerprint density at radius 1 is 1.12 bits per heavy atom. The van der Waals surface area contributed by atoms with Crippen molar-refractivity contribution in [2.45, 2.75) is 13.0 Å². The molecule has 7 nitrogen and oxygen atoms in total. The van der Waals surface area contributed by atoms with E-state index in [4.69, 9.17) is 4.74 Å². The van der Waals surface area contributed by atoms with E-state index >= 15 is 0 Å². The molecule has 1 aliphatic rings. The summed E-state index contributed by atoms with van der Waals surface area (Å²) in [6, 6.07) is 13.1. The first-order valence-electron chi connectivity index (χ1n) is 10.7. The maximum absolute atomic E-state index is 14.3. The Balaban J connectivity index is 1.58. The summed E-state index contributed by atoms with van der Waals surface area (Å²) in [7, 11) is 0. The second-order valence-electron chi connectivity index (χ2n) is 7.79. The van der Waals surface area contributed by atoms with Gasteiger partial charge in [0.15, 0.2) is 5.69 Å². The first kappa shape index (κ1) is 22.8. The van der Waals surface area contributed by atoms with Crippen molar-refractivity contribution in [3.05, 3.63) is 93.4 Å². The van der Waals surface area contributed by atoms with E-state index in [2.05, 4.69) is 15.3 Å². The molecule has 1 saturated heterocycles. The van der Waals surface area contributed by atoms with Gasteiger partial charge in [0.25, 0.3) is 5.91 Å². The van der Waals surface area contributed by atoms with Gasteiger partial charge >= 0.3 is 0 Å². The van der Waals surface area contributed by atoms with Crippen LogP contribution < -0.4 is 10.7 Å². The van der Waals surface area contributed by atoms with Crippen molar-refractivity contribution in [1.82, 2.24) is 20.0 Å². The third-order valence-corrected chi connectivity index (χ3v) is 5.60. The minimum atomic E-state index is -0.662. The molecule has 1 fully saturated rings. The van der Waals surface area contributed by atoms with Crippen LogP contribution in [0.3, 0.4) is 0 Å². The van der Waals surface area contributed by atoms with Crippen molar-refractivity contribution < 1.29 is 18.3 Å². The smallest absolute Gasteiger partial charge is 0.275 e. The number of carbonyl (C=O) groups is 1. The molecule has 0 saturated carbocycles. The molecule has 0 spiro atoms. The van der Waals surface area contributed by atoms with Gasteiger partial charge in [-0.05, 0) is 36.8 Å². The number of benzene rings is 2. The predicted molar refractivity (Wildman–Crippen MR) is 118 cm³/mol. The molecular weight excluding hydrogens is 430 g/mol. The molecule has 4 rings (SSSR count). The van der Waals surface area contributed by atoms with Crippen LogP contribution in [-0.4, -0.2) is 53.4 Å². The lowest BCUT2D eigenvalue weighted by Crippen LogP contribution is -2.44. The van der Waals surface area contributed by atoms with Crippen LogP contribution in [0.2, 0.25) is 0 Å². The predicted octanol–water partition coefficient (Wildman–Crippen LogP) is 2.62. The van der Waals surface area contributed by atoms with Gasteiger partial charge in [0, 0.05) is 31.4 Å². The molecule has 0 radical (unpaired) electrons. The van der Waals surface area contributed by atoms with Crippen LogP contribution in [0.1, 0.15) is 27.8 Å². The normalized spacial score (nSPS) is 15.2. The van der Waals surface area contributed by atoms with Crippen LogP contribution >= 0.6 is 0 Å². The van der Waals surface area contributed by atoms with E-state index in [-0.39, 0.29) is 29.8 Å². The molecule has 2 aromatic carbocycles. The number of para-hydroxylation sites is 1. The number of ether oxygens (including phenoxy) is 1. The Kier molecular flexibility index (Phi) is 6.90. The first-order chi connectivity index (χ1) is 15.9. The summed E-state index contributed by atoms with van der Waals surface area (Å²) < 4.78 is 34.4. The van der Waals surface area contributed by atoms with Gasteiger partial charge < -0.3 is 10.1 Å². The monoisotopic (exact) mass is 454 g/mol. The number of amides is 1. The third-order valence-electron chi connectivity index (χ3n) is 5.60. The quantitative estimate of drug-likeness (QED) is 0.620. The number of aromatic nitrogens is 2. The van der Waals surface area contributed by atoms with Gasteiger partial charge in [0.2, 0.25) is 5.43 Å². The maximum Gasteiger partial charge on any atom is 0.275 e. The highest BCUT2D eigenvalue weighted by Gasteiger charge is 2.25. The van der Waals surface area contributed by atoms with Crippen LogP contribution in [0.15, 0.2) is 59.4 Å². The van der Waals surface area contributed by atoms with E-state index in [0.29, 0.717) is 32.0 Å². The molecule has 1 atom stereocenters. The second-order valence-corrected chi connectivity index (χ2v) is 7.79. The molecule has 0 bridgehead atoms. The SMILES string of the molecule is Cc1cc(=O)c(C(=O)NCC(c2ccc(F)cc2)N2CCOCC2)nn1-c1ccccc1F. The summed E-state index contributed by atoms with van der Waals surface area (Å²) in [5.41, 5.74) is 0.492. The molecule has 172 valence electrons. The number of hydrogen-bond acceptors (Lipinski definition) is 5. The van der Waals surface area contributed by atoms with Gasteiger partial charge in [-0.1, -0.05) is 24.3 Å². The highest BCUT2D eigenvalue weighted by molar-refractivity contribution is 5.92. The zero-order valence-corrected chi connectivity index (χ0v) is 18.1. The fraction of sp³-hybridized carbons (Fsp3) is 0.292. The van der Waals surface area contributed by atoms with E-state index in [9.17, 15) is 18.4 Å². The Morgan fingerprint density at radius 2 is 1.82 bits per heavy atom. The maximum atomic E-state index is 14.3. The van der Waals surface area contributed by atoms with Gasteiger partial charge in [-0.25, -0.2) is 13.5 Å². The molecule has 9 heteroatoms. The van der Waals surface area contributed by atoms with Crippen molar-refractivity contribution in [2.75, 3.05) is 32.8 Å². The number of hydrogen-bond donors (Lipinski definition) is 1. The van der Waals surface area contributed by atoms with Crippen molar-refractivity contribution >= 4 is 5.91 Å². The lowest BCUT2D eigenvalue weighted by Gasteiger charge is -2.34. The largest absolute Gasteiger partial charge is 0.379 e. The Hall–Kier alpha value is -3.43. The van der Waals surface area contributed by atoms with E-state index in [1.807, 2.05) is 0 Å². The molecule has 33 heavy (non-hydrogen) atoms. The number of nitrogens with one attached hydrogen (secondary N) is 1. The van der Waals surface area contributed by atoms with Crippen LogP contribution in [-0.2, 0) is 4.74 Å². The van der Waals surface area contributed by atoms with E-state index in [1.54, 1.807) is 31.2 Å². The van der Waals surface area contributed by atoms with E-state index in [1.165, 1.54) is 35.0 Å². The van der Waals surface area contributed by atoms with E-state index < -0.39 is 17.2 Å². The van der Waals surface area contributed by atoms with E-state index in [0.717, 1.165) is 5.56 Å². The third kappa shape index (κ3) is 5.15. The minimum Gasteiger partial charge on any atom is -0.379 e. The van der Waals surface area contributed by atoms with Crippen LogP contribution in [0.5, 0.6) is 0 Å². The summed E-state index contributed by atoms with van der Waals surface area (Å²) in [6.45, 7) is 4.21. The Bertz CT molecular complexity index is 1190. The number of aryl methyl sites for hydroxylation is 1. The fourth-order valence-electron chi connectivity index (χ4n) is 3.88. The summed E-state index contributed by atoms with van der Waals surface area (Å²) in [6.07, 6.45) is 0. The number of halogens is 2. The number of carbonyl (C=O) groups excluding carboxylic acids is 1. The average Bonchev–Trinajstić information content (AvgIpc) is 2.82. The summed E-state index contributed by atoms with van der Waals surface area (Å²) >= 11 is 0. The minimum absolute atomic E-state index is 0.140. The molecule has 1 aromatic heterocycles. The summed E-state index contributed by atoms with van der Waals surface area (Å²) in [5, 5.41) is 6.92. The van der Waals surface area contributed by atoms with Crippen molar-refractivity contribution in [2.24, 2.45) is 0 Å². The first-order valence-corrected chi connectivity index (χ1v) is 10.7. The molecular formula is C24H24F2N4O3. The topological polar surface area (TPSA) is 76.5 Å². The van der Waals surface area contributed by atoms with Crippen LogP contribution in [0.4, 0.5) is 8.78 Å². The van der Waals surface area contributed by atoms with Gasteiger partial charge in [-0.3, -0.25) is 14.5 Å². The number of nitrogens with zero attached hydrogens (tertiary/aromatic N) is 3. The highest BCUT2D eigenvalue weighted by atomic mass is 19.1. The zero-order chi connectivity index (χ0) is 23.4. The van der Waals surface area contributed by atoms with Crippen molar-refractivity contribution in [3.8, 4) is 5.69 Å². The summed E-state index contributed by atoms with van der Waals surface area (Å²) in [4.78, 5) is 27.6. The van der Waals surface area contributed by atoms with Gasteiger partial charge in [-0.15, -0.1) is 0 Å². The molecule has 1 amide bonds. The lowest BCUT2D eigenvalue weighted by atomic mass is 10.0. The molecule has 2 heterocycles. The van der Waals surface area contributed by atoms with Crippen molar-refractivity contribution in [1.29, 1.82) is 0 Å². The molecule has 1 unspecified atom stereocenters. The standard InChI is InChI=1S/C24H24F2N4O3/c1-16-14-22(31)23(28-30(16)20-5-3-2-4-19(20)26)24(32)27-15-21(29-10-12-33-13-11-29)17-6-8-18(25)9-7-17/h2-9,14,21H,10-13,15H2,1H3,(H,27,32). The molecule has 0 aliphatic carbocycles. The molecule has 1 N–H and O–H groups in total. The molecule has 3 aromatic rings. The van der Waals surface area contributed by atoms with Gasteiger partial charge in [0.1, 0.15) is 17.3 Å². The summed E-state index contributed by atoms with van der Waals surface area (Å²) in [5.74, 6) is -1.53.